The van der Waals surface area contributed by atoms with Crippen molar-refractivity contribution in [1.29, 1.82) is 0 Å². The number of carbonyl (C=O) groups is 1. The van der Waals surface area contributed by atoms with Crippen LogP contribution in [0.15, 0.2) is 5.38 Å². The number of thiazole rings is 1. The Labute approximate surface area is 94.3 Å². The Hall–Kier alpha value is -1.10. The monoisotopic (exact) mass is 227 g/mol. The lowest BCUT2D eigenvalue weighted by Crippen LogP contribution is -2.36. The molecule has 0 saturated carbocycles. The van der Waals surface area contributed by atoms with E-state index >= 15 is 0 Å². The zero-order chi connectivity index (χ0) is 11.4. The Morgan fingerprint density at radius 2 is 2.33 bits per heavy atom. The Kier molecular flexibility index (Phi) is 4.08. The fraction of sp³-hybridized carbons (Fsp3) is 0.600. The second kappa shape index (κ2) is 5.11. The van der Waals surface area contributed by atoms with E-state index in [1.54, 1.807) is 19.0 Å². The average Bonchev–Trinajstić information content (AvgIpc) is 2.64. The second-order valence-electron chi connectivity index (χ2n) is 3.60. The molecule has 1 rings (SSSR count). The molecule has 0 aliphatic carbocycles. The first-order valence-electron chi connectivity index (χ1n) is 4.96. The quantitative estimate of drug-likeness (QED) is 0.849. The van der Waals surface area contributed by atoms with Gasteiger partial charge in [-0.05, 0) is 13.3 Å². The SMILES string of the molecule is CCc1csc(NC(C)C(=O)N(C)C)n1. The molecule has 84 valence electrons. The van der Waals surface area contributed by atoms with Crippen molar-refractivity contribution >= 4 is 22.4 Å². The van der Waals surface area contributed by atoms with E-state index in [0.717, 1.165) is 17.2 Å². The standard InChI is InChI=1S/C10H17N3OS/c1-5-8-6-15-10(12-8)11-7(2)9(14)13(3)4/h6-7H,5H2,1-4H3,(H,11,12). The van der Waals surface area contributed by atoms with Crippen LogP contribution in [0.3, 0.4) is 0 Å². The second-order valence-corrected chi connectivity index (χ2v) is 4.45. The van der Waals surface area contributed by atoms with E-state index < -0.39 is 0 Å². The predicted octanol–water partition coefficient (Wildman–Crippen LogP) is 1.59. The lowest BCUT2D eigenvalue weighted by molar-refractivity contribution is -0.129. The van der Waals surface area contributed by atoms with Crippen molar-refractivity contribution in [2.24, 2.45) is 0 Å². The van der Waals surface area contributed by atoms with Crippen LogP contribution in [-0.2, 0) is 11.2 Å². The minimum Gasteiger partial charge on any atom is -0.350 e. The molecule has 0 aliphatic heterocycles. The number of amides is 1. The molecule has 1 amide bonds. The summed E-state index contributed by atoms with van der Waals surface area (Å²) in [5.41, 5.74) is 1.06. The molecule has 5 heteroatoms. The smallest absolute Gasteiger partial charge is 0.244 e. The van der Waals surface area contributed by atoms with Crippen molar-refractivity contribution in [1.82, 2.24) is 9.88 Å². The van der Waals surface area contributed by atoms with Gasteiger partial charge in [-0.1, -0.05) is 6.92 Å². The average molecular weight is 227 g/mol. The van der Waals surface area contributed by atoms with E-state index in [4.69, 9.17) is 0 Å². The third kappa shape index (κ3) is 3.20. The largest absolute Gasteiger partial charge is 0.350 e. The first-order chi connectivity index (χ1) is 7.04. The maximum Gasteiger partial charge on any atom is 0.244 e. The Morgan fingerprint density at radius 3 is 2.80 bits per heavy atom. The lowest BCUT2D eigenvalue weighted by atomic mass is 10.3. The van der Waals surface area contributed by atoms with Gasteiger partial charge in [-0.3, -0.25) is 4.79 Å². The number of likely N-dealkylation sites (N-methyl/N-ethyl adjacent to an activating group) is 1. The molecule has 15 heavy (non-hydrogen) atoms. The van der Waals surface area contributed by atoms with Gasteiger partial charge in [0.15, 0.2) is 5.13 Å². The molecular weight excluding hydrogens is 210 g/mol. The summed E-state index contributed by atoms with van der Waals surface area (Å²) in [6.07, 6.45) is 0.925. The van der Waals surface area contributed by atoms with Gasteiger partial charge in [0.05, 0.1) is 5.69 Å². The van der Waals surface area contributed by atoms with Crippen LogP contribution in [0.25, 0.3) is 0 Å². The molecule has 1 unspecified atom stereocenters. The molecule has 0 saturated heterocycles. The van der Waals surface area contributed by atoms with Crippen LogP contribution in [-0.4, -0.2) is 35.9 Å². The summed E-state index contributed by atoms with van der Waals surface area (Å²) in [5.74, 6) is 0.0586. The fourth-order valence-corrected chi connectivity index (χ4v) is 2.05. The van der Waals surface area contributed by atoms with Crippen molar-refractivity contribution in [3.8, 4) is 0 Å². The maximum atomic E-state index is 11.6. The highest BCUT2D eigenvalue weighted by Gasteiger charge is 2.15. The van der Waals surface area contributed by atoms with Crippen LogP contribution in [0, 0.1) is 0 Å². The number of carbonyl (C=O) groups excluding carboxylic acids is 1. The zero-order valence-corrected chi connectivity index (χ0v) is 10.4. The highest BCUT2D eigenvalue weighted by atomic mass is 32.1. The Morgan fingerprint density at radius 1 is 1.67 bits per heavy atom. The Balaban J connectivity index is 2.58. The number of hydrogen-bond donors (Lipinski definition) is 1. The van der Waals surface area contributed by atoms with Gasteiger partial charge in [-0.25, -0.2) is 4.98 Å². The number of aryl methyl sites for hydroxylation is 1. The highest BCUT2D eigenvalue weighted by molar-refractivity contribution is 7.13. The molecule has 0 fully saturated rings. The van der Waals surface area contributed by atoms with Crippen molar-refractivity contribution in [3.05, 3.63) is 11.1 Å². The van der Waals surface area contributed by atoms with Crippen LogP contribution in [0.2, 0.25) is 0 Å². The van der Waals surface area contributed by atoms with Crippen LogP contribution in [0.1, 0.15) is 19.5 Å². The molecule has 1 aromatic heterocycles. The van der Waals surface area contributed by atoms with Gasteiger partial charge in [-0.2, -0.15) is 0 Å². The molecule has 1 heterocycles. The van der Waals surface area contributed by atoms with Crippen LogP contribution < -0.4 is 5.32 Å². The van der Waals surface area contributed by atoms with Gasteiger partial charge < -0.3 is 10.2 Å². The molecule has 0 spiro atoms. The first kappa shape index (κ1) is 12.0. The topological polar surface area (TPSA) is 45.2 Å². The van der Waals surface area contributed by atoms with E-state index in [1.807, 2.05) is 12.3 Å². The Bertz CT molecular complexity index is 335. The minimum absolute atomic E-state index is 0.0586. The molecule has 0 aliphatic rings. The normalized spacial score (nSPS) is 12.3. The van der Waals surface area contributed by atoms with Crippen LogP contribution in [0.5, 0.6) is 0 Å². The van der Waals surface area contributed by atoms with E-state index in [2.05, 4.69) is 17.2 Å². The van der Waals surface area contributed by atoms with E-state index in [1.165, 1.54) is 11.3 Å². The van der Waals surface area contributed by atoms with Gasteiger partial charge in [0.25, 0.3) is 0 Å². The molecule has 1 atom stereocenters. The molecule has 4 nitrogen and oxygen atoms in total. The van der Waals surface area contributed by atoms with Crippen molar-refractivity contribution in [3.63, 3.8) is 0 Å². The van der Waals surface area contributed by atoms with Crippen molar-refractivity contribution < 1.29 is 4.79 Å². The lowest BCUT2D eigenvalue weighted by Gasteiger charge is -2.17. The highest BCUT2D eigenvalue weighted by Crippen LogP contribution is 2.16. The molecule has 1 N–H and O–H groups in total. The summed E-state index contributed by atoms with van der Waals surface area (Å²) >= 11 is 1.54. The molecule has 1 aromatic rings. The van der Waals surface area contributed by atoms with Crippen molar-refractivity contribution in [2.75, 3.05) is 19.4 Å². The molecule has 0 bridgehead atoms. The molecular formula is C10H17N3OS. The summed E-state index contributed by atoms with van der Waals surface area (Å²) in [6, 6.07) is -0.226. The fourth-order valence-electron chi connectivity index (χ4n) is 1.17. The summed E-state index contributed by atoms with van der Waals surface area (Å²) in [7, 11) is 3.50. The molecule has 0 radical (unpaired) electrons. The zero-order valence-electron chi connectivity index (χ0n) is 9.57. The first-order valence-corrected chi connectivity index (χ1v) is 5.84. The van der Waals surface area contributed by atoms with Crippen LogP contribution >= 0.6 is 11.3 Å². The number of rotatable bonds is 4. The number of aromatic nitrogens is 1. The van der Waals surface area contributed by atoms with Gasteiger partial charge in [-0.15, -0.1) is 11.3 Å². The summed E-state index contributed by atoms with van der Waals surface area (Å²) in [6.45, 7) is 3.91. The van der Waals surface area contributed by atoms with Gasteiger partial charge in [0.1, 0.15) is 6.04 Å². The van der Waals surface area contributed by atoms with E-state index in [0.29, 0.717) is 0 Å². The van der Waals surface area contributed by atoms with E-state index in [9.17, 15) is 4.79 Å². The van der Waals surface area contributed by atoms with Gasteiger partial charge in [0, 0.05) is 19.5 Å². The molecule has 0 aromatic carbocycles. The van der Waals surface area contributed by atoms with Gasteiger partial charge in [0.2, 0.25) is 5.91 Å². The number of nitrogens with one attached hydrogen (secondary N) is 1. The minimum atomic E-state index is -0.226. The third-order valence-electron chi connectivity index (χ3n) is 2.07. The summed E-state index contributed by atoms with van der Waals surface area (Å²) in [4.78, 5) is 17.5. The third-order valence-corrected chi connectivity index (χ3v) is 2.89. The maximum absolute atomic E-state index is 11.6. The number of anilines is 1. The van der Waals surface area contributed by atoms with Crippen molar-refractivity contribution in [2.45, 2.75) is 26.3 Å². The van der Waals surface area contributed by atoms with Crippen LogP contribution in [0.4, 0.5) is 5.13 Å². The summed E-state index contributed by atoms with van der Waals surface area (Å²) in [5, 5.41) is 5.92. The van der Waals surface area contributed by atoms with E-state index in [-0.39, 0.29) is 11.9 Å². The number of nitrogens with zero attached hydrogens (tertiary/aromatic N) is 2. The summed E-state index contributed by atoms with van der Waals surface area (Å²) < 4.78 is 0. The van der Waals surface area contributed by atoms with Gasteiger partial charge >= 0.3 is 0 Å². The number of hydrogen-bond acceptors (Lipinski definition) is 4. The predicted molar refractivity (Wildman–Crippen MR) is 63.3 cm³/mol.